The van der Waals surface area contributed by atoms with Gasteiger partial charge in [0.15, 0.2) is 0 Å². The maximum atomic E-state index is 11.7. The average molecular weight is 252 g/mol. The third kappa shape index (κ3) is 4.94. The monoisotopic (exact) mass is 252 g/mol. The van der Waals surface area contributed by atoms with Crippen molar-refractivity contribution < 1.29 is 19.5 Å². The Kier molecular flexibility index (Phi) is 5.83. The van der Waals surface area contributed by atoms with Gasteiger partial charge in [0.1, 0.15) is 0 Å². The first-order valence-electron chi connectivity index (χ1n) is 5.57. The second-order valence-corrected chi connectivity index (χ2v) is 3.61. The van der Waals surface area contributed by atoms with Crippen molar-refractivity contribution in [3.8, 4) is 0 Å². The van der Waals surface area contributed by atoms with E-state index in [4.69, 9.17) is 15.7 Å². The summed E-state index contributed by atoms with van der Waals surface area (Å²) >= 11 is 0. The smallest absolute Gasteiger partial charge is 0.357 e. The molecule has 0 spiro atoms. The fourth-order valence-corrected chi connectivity index (χ4v) is 1.31. The fourth-order valence-electron chi connectivity index (χ4n) is 1.31. The van der Waals surface area contributed by atoms with Crippen LogP contribution in [0.3, 0.4) is 0 Å². The Morgan fingerprint density at radius 1 is 1.22 bits per heavy atom. The van der Waals surface area contributed by atoms with E-state index in [0.29, 0.717) is 12.1 Å². The first-order valence-corrected chi connectivity index (χ1v) is 5.57. The largest absolute Gasteiger partial charge is 0.481 e. The first kappa shape index (κ1) is 14.1. The number of aliphatic carboxylic acids is 1. The maximum absolute atomic E-state index is 11.7. The second kappa shape index (κ2) is 7.41. The van der Waals surface area contributed by atoms with Crippen LogP contribution in [-0.4, -0.2) is 41.7 Å². The van der Waals surface area contributed by atoms with E-state index in [1.54, 1.807) is 30.3 Å². The van der Waals surface area contributed by atoms with Crippen LogP contribution in [0.2, 0.25) is 0 Å². The van der Waals surface area contributed by atoms with Crippen molar-refractivity contribution in [3.05, 3.63) is 35.9 Å². The number of carbonyl (C=O) groups is 2. The lowest BCUT2D eigenvalue weighted by Crippen LogP contribution is -2.34. The Bertz CT molecular complexity index is 394. The molecule has 0 aliphatic heterocycles. The Morgan fingerprint density at radius 2 is 1.89 bits per heavy atom. The van der Waals surface area contributed by atoms with Gasteiger partial charge in [0.2, 0.25) is 0 Å². The molecule has 6 heteroatoms. The van der Waals surface area contributed by atoms with E-state index in [2.05, 4.69) is 0 Å². The number of hydrogen-bond acceptors (Lipinski definition) is 5. The standard InChI is InChI=1S/C12H16N2O4/c13-7-9-14(8-6-11(15)16)18-12(17)10-4-2-1-3-5-10/h1-5H,6-9,13H2,(H,15,16). The molecule has 0 unspecified atom stereocenters. The van der Waals surface area contributed by atoms with Crippen LogP contribution in [0.1, 0.15) is 16.8 Å². The molecule has 0 aliphatic rings. The summed E-state index contributed by atoms with van der Waals surface area (Å²) in [5.41, 5.74) is 5.78. The molecule has 0 fully saturated rings. The van der Waals surface area contributed by atoms with Crippen LogP contribution in [0, 0.1) is 0 Å². The van der Waals surface area contributed by atoms with Crippen molar-refractivity contribution >= 4 is 11.9 Å². The molecular formula is C12H16N2O4. The second-order valence-electron chi connectivity index (χ2n) is 3.61. The number of benzene rings is 1. The van der Waals surface area contributed by atoms with Gasteiger partial charge in [-0.25, -0.2) is 4.79 Å². The zero-order valence-electron chi connectivity index (χ0n) is 9.91. The summed E-state index contributed by atoms with van der Waals surface area (Å²) in [4.78, 5) is 27.3. The Balaban J connectivity index is 2.54. The van der Waals surface area contributed by atoms with Crippen LogP contribution >= 0.6 is 0 Å². The Hall–Kier alpha value is -1.92. The molecule has 0 heterocycles. The van der Waals surface area contributed by atoms with Crippen molar-refractivity contribution in [2.45, 2.75) is 6.42 Å². The van der Waals surface area contributed by atoms with E-state index >= 15 is 0 Å². The summed E-state index contributed by atoms with van der Waals surface area (Å²) in [6.45, 7) is 0.693. The zero-order valence-corrected chi connectivity index (χ0v) is 9.91. The molecule has 0 atom stereocenters. The maximum Gasteiger partial charge on any atom is 0.357 e. The van der Waals surface area contributed by atoms with Crippen molar-refractivity contribution in [2.75, 3.05) is 19.6 Å². The minimum Gasteiger partial charge on any atom is -0.481 e. The number of carboxylic acids is 1. The topological polar surface area (TPSA) is 92.9 Å². The van der Waals surface area contributed by atoms with Crippen molar-refractivity contribution in [2.24, 2.45) is 5.73 Å². The molecule has 0 saturated carbocycles. The average Bonchev–Trinajstić information content (AvgIpc) is 2.37. The Morgan fingerprint density at radius 3 is 2.44 bits per heavy atom. The molecular weight excluding hydrogens is 236 g/mol. The van der Waals surface area contributed by atoms with E-state index in [-0.39, 0.29) is 19.5 Å². The van der Waals surface area contributed by atoms with Gasteiger partial charge in [-0.2, -0.15) is 0 Å². The molecule has 6 nitrogen and oxygen atoms in total. The number of nitrogens with two attached hydrogens (primary N) is 1. The lowest BCUT2D eigenvalue weighted by molar-refractivity contribution is -0.143. The van der Waals surface area contributed by atoms with Crippen molar-refractivity contribution in [1.82, 2.24) is 5.06 Å². The lowest BCUT2D eigenvalue weighted by atomic mass is 10.2. The predicted octanol–water partition coefficient (Wildman–Crippen LogP) is 0.494. The number of nitrogens with zero attached hydrogens (tertiary/aromatic N) is 1. The molecule has 3 N–H and O–H groups in total. The van der Waals surface area contributed by atoms with Crippen LogP contribution in [-0.2, 0) is 9.63 Å². The van der Waals surface area contributed by atoms with E-state index in [9.17, 15) is 9.59 Å². The van der Waals surface area contributed by atoms with Gasteiger partial charge in [-0.05, 0) is 12.1 Å². The van der Waals surface area contributed by atoms with Gasteiger partial charge in [-0.3, -0.25) is 4.79 Å². The highest BCUT2D eigenvalue weighted by molar-refractivity contribution is 5.89. The number of carboxylic acid groups (broad SMARTS) is 1. The highest BCUT2D eigenvalue weighted by Crippen LogP contribution is 2.03. The molecule has 98 valence electrons. The van der Waals surface area contributed by atoms with Crippen LogP contribution < -0.4 is 5.73 Å². The first-order chi connectivity index (χ1) is 8.63. The summed E-state index contributed by atoms with van der Waals surface area (Å²) in [6.07, 6.45) is -0.109. The third-order valence-electron chi connectivity index (χ3n) is 2.18. The summed E-state index contributed by atoms with van der Waals surface area (Å²) in [6, 6.07) is 8.49. The zero-order chi connectivity index (χ0) is 13.4. The quantitative estimate of drug-likeness (QED) is 0.686. The normalized spacial score (nSPS) is 10.3. The number of rotatable bonds is 7. The highest BCUT2D eigenvalue weighted by Gasteiger charge is 2.14. The van der Waals surface area contributed by atoms with Gasteiger partial charge < -0.3 is 15.7 Å². The summed E-state index contributed by atoms with van der Waals surface area (Å²) in [5, 5.41) is 9.85. The lowest BCUT2D eigenvalue weighted by Gasteiger charge is -2.19. The van der Waals surface area contributed by atoms with Crippen molar-refractivity contribution in [1.29, 1.82) is 0 Å². The summed E-state index contributed by atoms with van der Waals surface area (Å²) in [5.74, 6) is -1.47. The van der Waals surface area contributed by atoms with Crippen molar-refractivity contribution in [3.63, 3.8) is 0 Å². The molecule has 18 heavy (non-hydrogen) atoms. The summed E-state index contributed by atoms with van der Waals surface area (Å²) < 4.78 is 0. The molecule has 1 aromatic carbocycles. The minimum atomic E-state index is -0.951. The molecule has 1 aromatic rings. The third-order valence-corrected chi connectivity index (χ3v) is 2.18. The van der Waals surface area contributed by atoms with Crippen LogP contribution in [0.4, 0.5) is 0 Å². The molecule has 0 aromatic heterocycles. The van der Waals surface area contributed by atoms with Crippen LogP contribution in [0.5, 0.6) is 0 Å². The number of hydroxylamine groups is 2. The minimum absolute atomic E-state index is 0.109. The SMILES string of the molecule is NCCN(CCC(=O)O)OC(=O)c1ccccc1. The summed E-state index contributed by atoms with van der Waals surface area (Å²) in [7, 11) is 0. The Labute approximate surface area is 105 Å². The molecule has 0 bridgehead atoms. The molecule has 0 amide bonds. The van der Waals surface area contributed by atoms with Gasteiger partial charge in [0.25, 0.3) is 0 Å². The van der Waals surface area contributed by atoms with Gasteiger partial charge in [0.05, 0.1) is 12.0 Å². The number of hydrogen-bond donors (Lipinski definition) is 2. The van der Waals surface area contributed by atoms with Gasteiger partial charge >= 0.3 is 11.9 Å². The highest BCUT2D eigenvalue weighted by atomic mass is 16.7. The molecule has 0 aliphatic carbocycles. The van der Waals surface area contributed by atoms with E-state index in [1.165, 1.54) is 5.06 Å². The van der Waals surface area contributed by atoms with Gasteiger partial charge in [-0.1, -0.05) is 18.2 Å². The van der Waals surface area contributed by atoms with Crippen LogP contribution in [0.25, 0.3) is 0 Å². The molecule has 0 radical (unpaired) electrons. The molecule has 1 rings (SSSR count). The molecule has 0 saturated heterocycles. The van der Waals surface area contributed by atoms with E-state index in [1.807, 2.05) is 0 Å². The van der Waals surface area contributed by atoms with Gasteiger partial charge in [0, 0.05) is 19.6 Å². The fraction of sp³-hybridized carbons (Fsp3) is 0.333. The van der Waals surface area contributed by atoms with E-state index < -0.39 is 11.9 Å². The van der Waals surface area contributed by atoms with E-state index in [0.717, 1.165) is 0 Å². The predicted molar refractivity (Wildman–Crippen MR) is 64.7 cm³/mol. The van der Waals surface area contributed by atoms with Crippen LogP contribution in [0.15, 0.2) is 30.3 Å². The number of carbonyl (C=O) groups excluding carboxylic acids is 1. The van der Waals surface area contributed by atoms with Gasteiger partial charge in [-0.15, -0.1) is 5.06 Å².